The van der Waals surface area contributed by atoms with E-state index >= 15 is 0 Å². The van der Waals surface area contributed by atoms with E-state index in [2.05, 4.69) is 15.4 Å². The Balaban J connectivity index is 1.93. The van der Waals surface area contributed by atoms with Crippen LogP contribution in [-0.2, 0) is 12.7 Å². The number of carbonyl (C=O) groups is 2. The van der Waals surface area contributed by atoms with Crippen molar-refractivity contribution in [2.24, 2.45) is 11.7 Å². The quantitative estimate of drug-likeness (QED) is 0.709. The van der Waals surface area contributed by atoms with Crippen LogP contribution in [0.4, 0.5) is 27.6 Å². The summed E-state index contributed by atoms with van der Waals surface area (Å²) < 4.78 is 67.8. The summed E-state index contributed by atoms with van der Waals surface area (Å²) >= 11 is 0. The second-order valence-electron chi connectivity index (χ2n) is 7.21. The van der Waals surface area contributed by atoms with Crippen molar-refractivity contribution in [1.29, 1.82) is 0 Å². The molecule has 1 aliphatic carbocycles. The van der Waals surface area contributed by atoms with Crippen molar-refractivity contribution >= 4 is 17.5 Å². The van der Waals surface area contributed by atoms with E-state index in [4.69, 9.17) is 5.73 Å². The second-order valence-corrected chi connectivity index (χ2v) is 7.21. The van der Waals surface area contributed by atoms with Gasteiger partial charge in [-0.15, -0.1) is 0 Å². The third-order valence-corrected chi connectivity index (χ3v) is 4.88. The Morgan fingerprint density at radius 3 is 2.63 bits per heavy atom. The Hall–Kier alpha value is -3.05. The van der Waals surface area contributed by atoms with Crippen molar-refractivity contribution in [3.05, 3.63) is 41.0 Å². The van der Waals surface area contributed by atoms with Gasteiger partial charge >= 0.3 is 6.18 Å². The first-order valence-electron chi connectivity index (χ1n) is 8.97. The molecular weight excluding hydrogens is 413 g/mol. The topological polar surface area (TPSA) is 103 Å². The van der Waals surface area contributed by atoms with E-state index in [9.17, 15) is 31.5 Å². The van der Waals surface area contributed by atoms with Crippen molar-refractivity contribution in [3.8, 4) is 0 Å². The minimum atomic E-state index is -4.82. The van der Waals surface area contributed by atoms with E-state index in [1.165, 1.54) is 18.3 Å². The molecule has 2 aromatic rings. The molecule has 0 aromatic carbocycles. The van der Waals surface area contributed by atoms with Crippen LogP contribution in [0.5, 0.6) is 0 Å². The van der Waals surface area contributed by atoms with Gasteiger partial charge in [-0.05, 0) is 31.4 Å². The van der Waals surface area contributed by atoms with Crippen LogP contribution in [0.3, 0.4) is 0 Å². The van der Waals surface area contributed by atoms with Crippen LogP contribution in [0.15, 0.2) is 18.3 Å². The monoisotopic (exact) mass is 431 g/mol. The Labute approximate surface area is 167 Å². The van der Waals surface area contributed by atoms with Gasteiger partial charge in [-0.25, -0.2) is 8.78 Å². The summed E-state index contributed by atoms with van der Waals surface area (Å²) in [6.07, 6.45) is -4.36. The van der Waals surface area contributed by atoms with Crippen LogP contribution >= 0.6 is 0 Å². The fourth-order valence-corrected chi connectivity index (χ4v) is 3.52. The molecule has 1 fully saturated rings. The molecule has 30 heavy (non-hydrogen) atoms. The number of hydrogen-bond donors (Lipinski definition) is 2. The van der Waals surface area contributed by atoms with E-state index in [0.717, 1.165) is 11.6 Å². The molecule has 162 valence electrons. The maximum absolute atomic E-state index is 13.5. The van der Waals surface area contributed by atoms with Gasteiger partial charge < -0.3 is 11.1 Å². The molecule has 1 atom stereocenters. The summed E-state index contributed by atoms with van der Waals surface area (Å²) in [5.41, 5.74) is 2.98. The maximum Gasteiger partial charge on any atom is 0.435 e. The van der Waals surface area contributed by atoms with E-state index in [0.29, 0.717) is 0 Å². The molecule has 0 spiro atoms. The van der Waals surface area contributed by atoms with Gasteiger partial charge in [0.1, 0.15) is 11.4 Å². The van der Waals surface area contributed by atoms with Gasteiger partial charge in [-0.1, -0.05) is 0 Å². The SMILES string of the molecule is Cc1c(C(F)(F)F)nn(CC2CCC(F)(F)C2)c1C(=O)Nc1ccnc(C(N)=O)c1. The number of carbonyl (C=O) groups excluding carboxylic acids is 2. The van der Waals surface area contributed by atoms with Crippen molar-refractivity contribution in [1.82, 2.24) is 14.8 Å². The molecule has 0 bridgehead atoms. The smallest absolute Gasteiger partial charge is 0.364 e. The Morgan fingerprint density at radius 1 is 1.37 bits per heavy atom. The van der Waals surface area contributed by atoms with Gasteiger partial charge in [-0.2, -0.15) is 18.3 Å². The molecule has 1 aliphatic rings. The molecule has 0 radical (unpaired) electrons. The molecule has 3 rings (SSSR count). The van der Waals surface area contributed by atoms with Crippen molar-refractivity contribution in [2.75, 3.05) is 5.32 Å². The molecule has 3 N–H and O–H groups in total. The lowest BCUT2D eigenvalue weighted by Crippen LogP contribution is -2.22. The maximum atomic E-state index is 13.5. The highest BCUT2D eigenvalue weighted by Crippen LogP contribution is 2.40. The first kappa shape index (κ1) is 21.7. The van der Waals surface area contributed by atoms with Crippen LogP contribution < -0.4 is 11.1 Å². The number of nitrogens with zero attached hydrogens (tertiary/aromatic N) is 3. The molecule has 1 unspecified atom stereocenters. The molecule has 7 nitrogen and oxygen atoms in total. The molecule has 2 amide bonds. The van der Waals surface area contributed by atoms with E-state index < -0.39 is 53.2 Å². The van der Waals surface area contributed by atoms with Crippen LogP contribution in [0.2, 0.25) is 0 Å². The number of aromatic nitrogens is 3. The lowest BCUT2D eigenvalue weighted by Gasteiger charge is -2.14. The highest BCUT2D eigenvalue weighted by molar-refractivity contribution is 6.04. The highest BCUT2D eigenvalue weighted by Gasteiger charge is 2.42. The summed E-state index contributed by atoms with van der Waals surface area (Å²) in [7, 11) is 0. The van der Waals surface area contributed by atoms with Crippen LogP contribution in [0, 0.1) is 12.8 Å². The zero-order chi connectivity index (χ0) is 22.3. The fourth-order valence-electron chi connectivity index (χ4n) is 3.52. The number of pyridine rings is 1. The van der Waals surface area contributed by atoms with Gasteiger partial charge in [0.15, 0.2) is 5.69 Å². The van der Waals surface area contributed by atoms with Gasteiger partial charge in [0.25, 0.3) is 11.8 Å². The van der Waals surface area contributed by atoms with Crippen molar-refractivity contribution in [2.45, 2.75) is 44.8 Å². The zero-order valence-electron chi connectivity index (χ0n) is 15.8. The lowest BCUT2D eigenvalue weighted by molar-refractivity contribution is -0.142. The van der Waals surface area contributed by atoms with E-state index in [1.54, 1.807) is 0 Å². The number of nitrogens with one attached hydrogen (secondary N) is 1. The lowest BCUT2D eigenvalue weighted by atomic mass is 10.1. The van der Waals surface area contributed by atoms with Crippen LogP contribution in [0.25, 0.3) is 0 Å². The Morgan fingerprint density at radius 2 is 2.07 bits per heavy atom. The van der Waals surface area contributed by atoms with Gasteiger partial charge in [0.05, 0.1) is 0 Å². The van der Waals surface area contributed by atoms with E-state index in [-0.39, 0.29) is 30.8 Å². The molecule has 12 heteroatoms. The molecular formula is C18H18F5N5O2. The van der Waals surface area contributed by atoms with Gasteiger partial charge in [0, 0.05) is 36.8 Å². The number of amides is 2. The number of alkyl halides is 5. The number of halogens is 5. The summed E-state index contributed by atoms with van der Waals surface area (Å²) in [6.45, 7) is 0.837. The summed E-state index contributed by atoms with van der Waals surface area (Å²) in [4.78, 5) is 27.7. The average Bonchev–Trinajstić information content (AvgIpc) is 3.14. The predicted octanol–water partition coefficient (Wildman–Crippen LogP) is 3.39. The minimum absolute atomic E-state index is 0.0805. The minimum Gasteiger partial charge on any atom is -0.364 e. The standard InChI is InChI=1S/C18H18F5N5O2/c1-9-13(16(30)26-11-3-5-25-12(6-11)15(24)29)28(27-14(9)18(21,22)23)8-10-2-4-17(19,20)7-10/h3,5-6,10H,2,4,7-8H2,1H3,(H2,24,29)(H,25,26,30). The Bertz CT molecular complexity index is 986. The van der Waals surface area contributed by atoms with Crippen molar-refractivity contribution < 1.29 is 31.5 Å². The normalized spacial score (nSPS) is 18.4. The van der Waals surface area contributed by atoms with Crippen molar-refractivity contribution in [3.63, 3.8) is 0 Å². The first-order valence-corrected chi connectivity index (χ1v) is 8.97. The number of hydrogen-bond acceptors (Lipinski definition) is 4. The number of anilines is 1. The predicted molar refractivity (Wildman–Crippen MR) is 95.0 cm³/mol. The zero-order valence-corrected chi connectivity index (χ0v) is 15.8. The van der Waals surface area contributed by atoms with Gasteiger partial charge in [0.2, 0.25) is 5.92 Å². The average molecular weight is 431 g/mol. The van der Waals surface area contributed by atoms with Crippen LogP contribution in [0.1, 0.15) is 51.5 Å². The molecule has 0 saturated heterocycles. The Kier molecular flexibility index (Phi) is 5.52. The number of rotatable bonds is 5. The molecule has 2 aromatic heterocycles. The summed E-state index contributed by atoms with van der Waals surface area (Å²) in [6, 6.07) is 2.49. The number of primary amides is 1. The van der Waals surface area contributed by atoms with E-state index in [1.807, 2.05) is 0 Å². The molecule has 2 heterocycles. The van der Waals surface area contributed by atoms with Crippen LogP contribution in [-0.4, -0.2) is 32.5 Å². The molecule has 1 saturated carbocycles. The first-order chi connectivity index (χ1) is 13.9. The molecule has 0 aliphatic heterocycles. The summed E-state index contributed by atoms with van der Waals surface area (Å²) in [5, 5.41) is 5.88. The third-order valence-electron chi connectivity index (χ3n) is 4.88. The highest BCUT2D eigenvalue weighted by atomic mass is 19.4. The third kappa shape index (κ3) is 4.57. The summed E-state index contributed by atoms with van der Waals surface area (Å²) in [5.74, 6) is -5.28. The second kappa shape index (κ2) is 7.65. The fraction of sp³-hybridized carbons (Fsp3) is 0.444. The van der Waals surface area contributed by atoms with Gasteiger partial charge in [-0.3, -0.25) is 19.3 Å². The number of nitrogens with two attached hydrogens (primary N) is 1. The largest absolute Gasteiger partial charge is 0.435 e.